The largest absolute Gasteiger partial charge is 0.494 e. The van der Waals surface area contributed by atoms with Gasteiger partial charge in [-0.3, -0.25) is 20.4 Å². The number of hydrogen-bond acceptors (Lipinski definition) is 3. The molecule has 0 saturated carbocycles. The van der Waals surface area contributed by atoms with Crippen LogP contribution in [0.3, 0.4) is 0 Å². The Morgan fingerprint density at radius 3 is 2.14 bits per heavy atom. The number of ether oxygens (including phenoxy) is 1. The summed E-state index contributed by atoms with van der Waals surface area (Å²) in [5, 5.41) is 0. The second-order valence-electron chi connectivity index (χ2n) is 4.12. The normalized spacial score (nSPS) is 9.81. The minimum Gasteiger partial charge on any atom is -0.494 e. The van der Waals surface area contributed by atoms with Crippen LogP contribution in [0.25, 0.3) is 0 Å². The molecule has 0 radical (unpaired) electrons. The molecule has 0 unspecified atom stereocenters. The molecule has 0 fully saturated rings. The van der Waals surface area contributed by atoms with Crippen molar-refractivity contribution in [1.82, 2.24) is 10.9 Å². The summed E-state index contributed by atoms with van der Waals surface area (Å²) in [6.45, 7) is 0. The molecule has 0 heterocycles. The minimum atomic E-state index is -0.653. The summed E-state index contributed by atoms with van der Waals surface area (Å²) in [4.78, 5) is 23.5. The fourth-order valence-corrected chi connectivity index (χ4v) is 1.66. The van der Waals surface area contributed by atoms with Gasteiger partial charge in [-0.15, -0.1) is 0 Å². The molecule has 0 atom stereocenters. The van der Waals surface area contributed by atoms with Gasteiger partial charge in [-0.1, -0.05) is 18.2 Å². The van der Waals surface area contributed by atoms with Gasteiger partial charge >= 0.3 is 0 Å². The molecule has 2 rings (SSSR count). The van der Waals surface area contributed by atoms with Gasteiger partial charge in [-0.05, 0) is 30.3 Å². The molecule has 0 saturated heterocycles. The maximum Gasteiger partial charge on any atom is 0.269 e. The van der Waals surface area contributed by atoms with E-state index in [1.165, 1.54) is 19.2 Å². The van der Waals surface area contributed by atoms with Crippen molar-refractivity contribution in [3.05, 3.63) is 65.5 Å². The Bertz CT molecular complexity index is 659. The van der Waals surface area contributed by atoms with Crippen molar-refractivity contribution in [2.24, 2.45) is 0 Å². The zero-order valence-electron chi connectivity index (χ0n) is 11.2. The Labute approximate surface area is 120 Å². The summed E-state index contributed by atoms with van der Waals surface area (Å²) >= 11 is 0. The van der Waals surface area contributed by atoms with E-state index in [0.29, 0.717) is 5.56 Å². The summed E-state index contributed by atoms with van der Waals surface area (Å²) < 4.78 is 18.2. The van der Waals surface area contributed by atoms with E-state index < -0.39 is 17.6 Å². The standard InChI is InChI=1S/C15H13FN2O3/c1-21-13-8-7-11(9-12(13)16)15(20)18-17-14(19)10-5-3-2-4-6-10/h2-9H,1H3,(H,17,19)(H,18,20). The van der Waals surface area contributed by atoms with E-state index in [1.807, 2.05) is 0 Å². The first kappa shape index (κ1) is 14.5. The number of benzene rings is 2. The molecule has 2 aromatic carbocycles. The molecule has 0 aliphatic carbocycles. The van der Waals surface area contributed by atoms with Gasteiger partial charge in [0.15, 0.2) is 11.6 Å². The summed E-state index contributed by atoms with van der Waals surface area (Å²) in [6.07, 6.45) is 0. The molecule has 21 heavy (non-hydrogen) atoms. The molecule has 0 aliphatic rings. The first-order chi connectivity index (χ1) is 10.1. The van der Waals surface area contributed by atoms with E-state index in [9.17, 15) is 14.0 Å². The molecule has 108 valence electrons. The van der Waals surface area contributed by atoms with Gasteiger partial charge in [0.1, 0.15) is 0 Å². The fraction of sp³-hybridized carbons (Fsp3) is 0.0667. The van der Waals surface area contributed by atoms with Crippen molar-refractivity contribution < 1.29 is 18.7 Å². The predicted molar refractivity (Wildman–Crippen MR) is 74.3 cm³/mol. The van der Waals surface area contributed by atoms with Crippen LogP contribution in [0.5, 0.6) is 5.75 Å². The van der Waals surface area contributed by atoms with E-state index >= 15 is 0 Å². The third-order valence-corrected chi connectivity index (χ3v) is 2.74. The lowest BCUT2D eigenvalue weighted by atomic mass is 10.2. The van der Waals surface area contributed by atoms with Crippen LogP contribution in [0, 0.1) is 5.82 Å². The second-order valence-corrected chi connectivity index (χ2v) is 4.12. The number of nitrogens with one attached hydrogen (secondary N) is 2. The molecule has 2 aromatic rings. The Kier molecular flexibility index (Phi) is 4.50. The lowest BCUT2D eigenvalue weighted by Crippen LogP contribution is -2.41. The topological polar surface area (TPSA) is 67.4 Å². The second kappa shape index (κ2) is 6.51. The van der Waals surface area contributed by atoms with Gasteiger partial charge in [0.05, 0.1) is 7.11 Å². The zero-order chi connectivity index (χ0) is 15.2. The molecule has 0 spiro atoms. The van der Waals surface area contributed by atoms with Gasteiger partial charge in [-0.2, -0.15) is 0 Å². The SMILES string of the molecule is COc1ccc(C(=O)NNC(=O)c2ccccc2)cc1F. The summed E-state index contributed by atoms with van der Waals surface area (Å²) in [7, 11) is 1.33. The number of carbonyl (C=O) groups excluding carboxylic acids is 2. The predicted octanol–water partition coefficient (Wildman–Crippen LogP) is 1.91. The Balaban J connectivity index is 1.99. The molecule has 5 nitrogen and oxygen atoms in total. The van der Waals surface area contributed by atoms with Crippen LogP contribution >= 0.6 is 0 Å². The van der Waals surface area contributed by atoms with Crippen LogP contribution in [0.15, 0.2) is 48.5 Å². The highest BCUT2D eigenvalue weighted by Gasteiger charge is 2.11. The number of carbonyl (C=O) groups is 2. The van der Waals surface area contributed by atoms with Crippen LogP contribution in [0.1, 0.15) is 20.7 Å². The maximum absolute atomic E-state index is 13.5. The van der Waals surface area contributed by atoms with E-state index in [2.05, 4.69) is 10.9 Å². The molecule has 2 N–H and O–H groups in total. The molecule has 0 aromatic heterocycles. The highest BCUT2D eigenvalue weighted by molar-refractivity contribution is 5.99. The number of hydrogen-bond donors (Lipinski definition) is 2. The molecule has 2 amide bonds. The van der Waals surface area contributed by atoms with E-state index in [0.717, 1.165) is 6.07 Å². The Morgan fingerprint density at radius 1 is 0.952 bits per heavy atom. The van der Waals surface area contributed by atoms with Crippen LogP contribution in [-0.4, -0.2) is 18.9 Å². The van der Waals surface area contributed by atoms with E-state index in [1.54, 1.807) is 30.3 Å². The van der Waals surface area contributed by atoms with Crippen LogP contribution in [-0.2, 0) is 0 Å². The van der Waals surface area contributed by atoms with Crippen LogP contribution < -0.4 is 15.6 Å². The van der Waals surface area contributed by atoms with Gasteiger partial charge in [0.25, 0.3) is 11.8 Å². The average molecular weight is 288 g/mol. The fourth-order valence-electron chi connectivity index (χ4n) is 1.66. The van der Waals surface area contributed by atoms with E-state index in [-0.39, 0.29) is 11.3 Å². The van der Waals surface area contributed by atoms with Crippen molar-refractivity contribution in [2.45, 2.75) is 0 Å². The third kappa shape index (κ3) is 3.56. The first-order valence-electron chi connectivity index (χ1n) is 6.11. The summed E-state index contributed by atoms with van der Waals surface area (Å²) in [6, 6.07) is 12.2. The lowest BCUT2D eigenvalue weighted by molar-refractivity contribution is 0.0846. The van der Waals surface area contributed by atoms with Crippen molar-refractivity contribution in [3.63, 3.8) is 0 Å². The van der Waals surface area contributed by atoms with Crippen LogP contribution in [0.4, 0.5) is 4.39 Å². The maximum atomic E-state index is 13.5. The Hall–Kier alpha value is -2.89. The van der Waals surface area contributed by atoms with Crippen molar-refractivity contribution in [3.8, 4) is 5.75 Å². The zero-order valence-corrected chi connectivity index (χ0v) is 11.2. The number of amides is 2. The molecular weight excluding hydrogens is 275 g/mol. The van der Waals surface area contributed by atoms with Gasteiger partial charge in [0.2, 0.25) is 0 Å². The van der Waals surface area contributed by atoms with Crippen molar-refractivity contribution in [1.29, 1.82) is 0 Å². The first-order valence-corrected chi connectivity index (χ1v) is 6.11. The molecule has 6 heteroatoms. The highest BCUT2D eigenvalue weighted by atomic mass is 19.1. The molecule has 0 aliphatic heterocycles. The smallest absolute Gasteiger partial charge is 0.269 e. The molecule has 0 bridgehead atoms. The lowest BCUT2D eigenvalue weighted by Gasteiger charge is -2.08. The average Bonchev–Trinajstić information content (AvgIpc) is 2.53. The van der Waals surface area contributed by atoms with Gasteiger partial charge < -0.3 is 4.74 Å². The highest BCUT2D eigenvalue weighted by Crippen LogP contribution is 2.17. The summed E-state index contributed by atoms with van der Waals surface area (Å²) in [5.74, 6) is -1.70. The Morgan fingerprint density at radius 2 is 1.57 bits per heavy atom. The monoisotopic (exact) mass is 288 g/mol. The minimum absolute atomic E-state index is 0.0415. The van der Waals surface area contributed by atoms with E-state index in [4.69, 9.17) is 4.74 Å². The van der Waals surface area contributed by atoms with Crippen LogP contribution in [0.2, 0.25) is 0 Å². The molecular formula is C15H13FN2O3. The van der Waals surface area contributed by atoms with Gasteiger partial charge in [0, 0.05) is 11.1 Å². The third-order valence-electron chi connectivity index (χ3n) is 2.74. The van der Waals surface area contributed by atoms with Crippen molar-refractivity contribution in [2.75, 3.05) is 7.11 Å². The van der Waals surface area contributed by atoms with Crippen molar-refractivity contribution >= 4 is 11.8 Å². The summed E-state index contributed by atoms with van der Waals surface area (Å²) in [5.41, 5.74) is 4.94. The van der Waals surface area contributed by atoms with Gasteiger partial charge in [-0.25, -0.2) is 4.39 Å². The number of hydrazine groups is 1. The number of methoxy groups -OCH3 is 1. The number of rotatable bonds is 3. The quantitative estimate of drug-likeness (QED) is 0.848. The number of halogens is 1.